The third-order valence-corrected chi connectivity index (χ3v) is 25.4. The highest BCUT2D eigenvalue weighted by Crippen LogP contribution is 2.32. The summed E-state index contributed by atoms with van der Waals surface area (Å²) < 4.78 is 53.7. The van der Waals surface area contributed by atoms with Gasteiger partial charge in [0.05, 0.1) is 98.7 Å². The number of benzene rings is 8. The molecule has 20 N–H and O–H groups in total. The van der Waals surface area contributed by atoms with E-state index in [1.807, 2.05) is 45.9 Å². The lowest BCUT2D eigenvalue weighted by Gasteiger charge is -2.16. The molecule has 0 saturated carbocycles. The second kappa shape index (κ2) is 59.3. The Morgan fingerprint density at radius 3 is 0.850 bits per heavy atom. The Kier molecular flexibility index (Phi) is 46.9. The van der Waals surface area contributed by atoms with Crippen LogP contribution in [-0.2, 0) is 19.7 Å². The van der Waals surface area contributed by atoms with Gasteiger partial charge in [0.1, 0.15) is 29.0 Å². The number of hydrogen-bond acceptors (Lipinski definition) is 25. The van der Waals surface area contributed by atoms with Crippen molar-refractivity contribution in [2.45, 2.75) is 134 Å². The largest absolute Gasteiger partial charge is 0.497 e. The van der Waals surface area contributed by atoms with Gasteiger partial charge >= 0.3 is 0 Å². The van der Waals surface area contributed by atoms with Gasteiger partial charge in [0.2, 0.25) is 0 Å². The fraction of sp³-hybridized carbons (Fsp3) is 0.280. The van der Waals surface area contributed by atoms with Crippen LogP contribution in [0.15, 0.2) is 235 Å². The predicted molar refractivity (Wildman–Crippen MR) is 587 cm³/mol. The van der Waals surface area contributed by atoms with E-state index in [4.69, 9.17) is 74.1 Å². The molecule has 147 heavy (non-hydrogen) atoms. The Hall–Kier alpha value is -14.3. The maximum Gasteiger partial charge on any atom is 0.259 e. The van der Waals surface area contributed by atoms with Gasteiger partial charge < -0.3 is 91.5 Å². The van der Waals surface area contributed by atoms with Gasteiger partial charge in [0.25, 0.3) is 53.2 Å². The van der Waals surface area contributed by atoms with Crippen LogP contribution < -0.4 is 91.5 Å². The van der Waals surface area contributed by atoms with Crippen LogP contribution in [0, 0.1) is 27.7 Å². The number of aryl methyl sites for hydroxylation is 4. The number of anilines is 11. The van der Waals surface area contributed by atoms with Crippen molar-refractivity contribution in [3.63, 3.8) is 0 Å². The summed E-state index contributed by atoms with van der Waals surface area (Å²) >= 11 is 23.5. The number of carbonyl (C=O) groups excluding carboxylic acids is 9. The van der Waals surface area contributed by atoms with Crippen molar-refractivity contribution < 1.29 is 64.7 Å². The van der Waals surface area contributed by atoms with Crippen molar-refractivity contribution >= 4 is 182 Å². The summed E-state index contributed by atoms with van der Waals surface area (Å²) in [4.78, 5) is 134. The van der Waals surface area contributed by atoms with Crippen molar-refractivity contribution in [2.24, 2.45) is 22.9 Å². The summed E-state index contributed by atoms with van der Waals surface area (Å²) in [5, 5.41) is 36.5. The van der Waals surface area contributed by atoms with Gasteiger partial charge in [-0.2, -0.15) is 0 Å². The van der Waals surface area contributed by atoms with Crippen LogP contribution in [-0.4, -0.2) is 162 Å². The number of carbonyl (C=O) groups is 9. The Morgan fingerprint density at radius 2 is 0.537 bits per heavy atom. The Bertz CT molecular complexity index is 6760. The lowest BCUT2D eigenvalue weighted by molar-refractivity contribution is 0.0948. The van der Waals surface area contributed by atoms with Gasteiger partial charge in [-0.3, -0.25) is 43.2 Å². The molecule has 0 saturated heterocycles. The molecular formula is C107H124Cl4N20O14S2. The van der Waals surface area contributed by atoms with Crippen LogP contribution in [0.4, 0.5) is 63.1 Å². The van der Waals surface area contributed by atoms with E-state index < -0.39 is 55.1 Å². The minimum Gasteiger partial charge on any atom is -0.497 e. The number of unbranched alkanes of at least 4 members (excludes halogenated alkanes) is 11. The van der Waals surface area contributed by atoms with E-state index in [-0.39, 0.29) is 61.0 Å². The smallest absolute Gasteiger partial charge is 0.259 e. The number of pyridine rings is 4. The van der Waals surface area contributed by atoms with E-state index in [1.54, 1.807) is 140 Å². The third-order valence-electron chi connectivity index (χ3n) is 22.3. The zero-order valence-electron chi connectivity index (χ0n) is 82.8. The monoisotopic (exact) mass is 2120 g/mol. The quantitative estimate of drug-likeness (QED) is 0.0158. The molecule has 12 aromatic rings. The van der Waals surface area contributed by atoms with Crippen LogP contribution in [0.25, 0.3) is 0 Å². The van der Waals surface area contributed by atoms with Crippen LogP contribution in [0.3, 0.4) is 0 Å². The number of rotatable bonds is 46. The molecule has 9 amide bonds. The van der Waals surface area contributed by atoms with Gasteiger partial charge in [-0.05, 0) is 287 Å². The highest BCUT2D eigenvalue weighted by molar-refractivity contribution is 7.91. The maximum atomic E-state index is 13.4. The first-order valence-corrected chi connectivity index (χ1v) is 52.9. The van der Waals surface area contributed by atoms with Crippen LogP contribution in [0.2, 0.25) is 20.1 Å². The molecule has 0 aliphatic carbocycles. The zero-order valence-corrected chi connectivity index (χ0v) is 87.4. The van der Waals surface area contributed by atoms with Crippen molar-refractivity contribution in [3.05, 3.63) is 317 Å². The van der Waals surface area contributed by atoms with E-state index in [0.29, 0.717) is 146 Å². The molecule has 34 nitrogen and oxygen atoms in total. The van der Waals surface area contributed by atoms with Gasteiger partial charge in [0, 0.05) is 91.7 Å². The normalized spacial score (nSPS) is 10.9. The molecule has 4 heterocycles. The van der Waals surface area contributed by atoms with Crippen LogP contribution >= 0.6 is 46.4 Å². The standard InChI is InChI=1S/C27H32ClN5O4S.C27H30ClN5O4.C27H32ClN5O2.C26H30ClN5O4S/c1-18-7-11-23(22(15-18)27(35)33-25-12-8-19(28)17-31-25)32-26(34)21-10-9-20(38(2,36)37)16-24(21)30-14-6-4-3-5-13-29;1-37-21-11-12-23(22(16-21)27(36)33-24-13-10-20(28)17-31-24)32-26(35)19-8-6-18(7-9-19)25(34)30-15-5-3-2-4-14-29;1-18-8-11-23(22(15-18)27(35)33-25-12-9-20(28)17-31-25)32-26(34)21-10-7-19(2)16-24(21)30-14-6-4-3-5-13-29;1-17-6-10-22(21(14-17)26(34)32-24-11-7-18(27)16-30-24)31-25(33)20-9-8-19(37(2,35)36)15-23(20)29-13-5-3-4-12-28/h7-12,15-17,30H,3-6,13-14,29H2,1-2H3,(H,32,34)(H,31,33,35);6-13,16-17H,2-5,14-15,29H2,1H3,(H,30,34)(H,32,35)(H,31,33,36);7-12,15-17,30H,3-6,13-14,29H2,1-2H3,(H,32,34)(H,31,33,35);6-11,14-16,29H,3-5,12-13,28H2,1-2H3,(H,31,33)(H,30,32,34). The molecule has 0 radical (unpaired) electrons. The summed E-state index contributed by atoms with van der Waals surface area (Å²) in [5.74, 6) is -1.94. The molecule has 0 unspecified atom stereocenters. The summed E-state index contributed by atoms with van der Waals surface area (Å²) in [5.41, 5.74) is 31.4. The first-order chi connectivity index (χ1) is 70.4. The number of halogens is 4. The second-order valence-corrected chi connectivity index (χ2v) is 40.0. The zero-order chi connectivity index (χ0) is 107. The van der Waals surface area contributed by atoms with Gasteiger partial charge in [-0.25, -0.2) is 36.8 Å². The fourth-order valence-corrected chi connectivity index (χ4v) is 16.1. The van der Waals surface area contributed by atoms with Crippen molar-refractivity contribution in [1.82, 2.24) is 25.3 Å². The van der Waals surface area contributed by atoms with Gasteiger partial charge in [-0.15, -0.1) is 0 Å². The summed E-state index contributed by atoms with van der Waals surface area (Å²) in [6, 6.07) is 53.6. The Balaban J connectivity index is 0.000000218. The lowest BCUT2D eigenvalue weighted by Crippen LogP contribution is -2.24. The van der Waals surface area contributed by atoms with E-state index in [0.717, 1.165) is 143 Å². The van der Waals surface area contributed by atoms with E-state index >= 15 is 0 Å². The maximum absolute atomic E-state index is 13.4. The number of amides is 9. The summed E-state index contributed by atoms with van der Waals surface area (Å²) in [6.45, 7) is 12.6. The number of nitrogens with two attached hydrogens (primary N) is 4. The molecule has 0 aliphatic rings. The van der Waals surface area contributed by atoms with Gasteiger partial charge in [-0.1, -0.05) is 132 Å². The molecule has 4 aromatic heterocycles. The highest BCUT2D eigenvalue weighted by Gasteiger charge is 2.26. The molecule has 0 aliphatic heterocycles. The van der Waals surface area contributed by atoms with Crippen LogP contribution in [0.5, 0.6) is 5.75 Å². The highest BCUT2D eigenvalue weighted by atomic mass is 35.5. The number of aromatic nitrogens is 4. The predicted octanol–water partition coefficient (Wildman–Crippen LogP) is 19.7. The Labute approximate surface area is 876 Å². The number of hydrogen-bond donors (Lipinski definition) is 16. The number of nitrogens with one attached hydrogen (secondary N) is 12. The van der Waals surface area contributed by atoms with Gasteiger partial charge in [0.15, 0.2) is 19.7 Å². The first-order valence-electron chi connectivity index (χ1n) is 47.6. The fourth-order valence-electron chi connectivity index (χ4n) is 14.4. The molecule has 0 bridgehead atoms. The molecular weight excluding hydrogens is 2000 g/mol. The van der Waals surface area contributed by atoms with E-state index in [2.05, 4.69) is 83.7 Å². The molecule has 0 fully saturated rings. The summed E-state index contributed by atoms with van der Waals surface area (Å²) in [7, 11) is -5.47. The minimum atomic E-state index is -3.48. The van der Waals surface area contributed by atoms with E-state index in [9.17, 15) is 60.0 Å². The average Bonchev–Trinajstić information content (AvgIpc) is 0.803. The van der Waals surface area contributed by atoms with Crippen molar-refractivity contribution in [1.29, 1.82) is 0 Å². The molecule has 0 atom stereocenters. The molecule has 40 heteroatoms. The molecule has 8 aromatic carbocycles. The van der Waals surface area contributed by atoms with Crippen LogP contribution in [0.1, 0.15) is 212 Å². The number of ether oxygens (including phenoxy) is 1. The lowest BCUT2D eigenvalue weighted by atomic mass is 10.1. The summed E-state index contributed by atoms with van der Waals surface area (Å²) in [6.07, 6.45) is 22.4. The molecule has 0 spiro atoms. The SMILES string of the molecule is COc1ccc(NC(=O)c2ccc(C(=O)NCCCCCCN)cc2)c(C(=O)Nc2ccc(Cl)cn2)c1.Cc1ccc(C(=O)Nc2ccc(C)cc2C(=O)Nc2ccc(Cl)cn2)c(NCCCCCCN)c1.Cc1ccc(NC(=O)c2ccc(S(C)(=O)=O)cc2NCCCCCCN)c(C(=O)Nc2ccc(Cl)cn2)c1.Cc1ccc(NC(=O)c2ccc(S(C)(=O)=O)cc2NCCCCCN)c(C(=O)Nc2ccc(Cl)cn2)c1. The third kappa shape index (κ3) is 38.6. The molecule has 776 valence electrons. The number of nitrogens with zero attached hydrogens (tertiary/aromatic N) is 4. The number of methoxy groups -OCH3 is 1. The van der Waals surface area contributed by atoms with Crippen molar-refractivity contribution in [2.75, 3.05) is 130 Å². The first kappa shape index (κ1) is 116. The van der Waals surface area contributed by atoms with Crippen molar-refractivity contribution in [3.8, 4) is 5.75 Å². The average molecular weight is 2120 g/mol. The minimum absolute atomic E-state index is 0.0966. The number of sulfone groups is 2. The van der Waals surface area contributed by atoms with E-state index in [1.165, 1.54) is 74.4 Å². The second-order valence-electron chi connectivity index (χ2n) is 34.2. The topological polar surface area (TPSA) is 531 Å². The Morgan fingerprint density at radius 1 is 0.272 bits per heavy atom. The molecule has 12 rings (SSSR count).